The molecule has 0 radical (unpaired) electrons. The molecule has 3 aliphatic rings. The van der Waals surface area contributed by atoms with Gasteiger partial charge in [-0.1, -0.05) is 43.5 Å². The van der Waals surface area contributed by atoms with Crippen LogP contribution in [0.5, 0.6) is 0 Å². The molecule has 0 atom stereocenters. The Labute approximate surface area is 185 Å². The van der Waals surface area contributed by atoms with Crippen LogP contribution in [-0.4, -0.2) is 66.7 Å². The second-order valence-corrected chi connectivity index (χ2v) is 9.16. The number of nitrogens with one attached hydrogen (secondary N) is 2. The van der Waals surface area contributed by atoms with Gasteiger partial charge < -0.3 is 20.3 Å². The zero-order chi connectivity index (χ0) is 21.5. The maximum absolute atomic E-state index is 12.6. The summed E-state index contributed by atoms with van der Waals surface area (Å²) in [6.07, 6.45) is 7.65. The molecule has 7 nitrogen and oxygen atoms in total. The van der Waals surface area contributed by atoms with Crippen molar-refractivity contribution in [2.75, 3.05) is 39.4 Å². The molecule has 0 aromatic heterocycles. The number of nitrogens with zero attached hydrogens (tertiary/aromatic N) is 2. The van der Waals surface area contributed by atoms with Crippen LogP contribution in [0.1, 0.15) is 56.1 Å². The quantitative estimate of drug-likeness (QED) is 0.700. The van der Waals surface area contributed by atoms with E-state index in [-0.39, 0.29) is 17.5 Å². The van der Waals surface area contributed by atoms with E-state index in [2.05, 4.69) is 21.6 Å². The Kier molecular flexibility index (Phi) is 7.45. The van der Waals surface area contributed by atoms with Gasteiger partial charge in [-0.2, -0.15) is 0 Å². The third kappa shape index (κ3) is 5.77. The number of carbonyl (C=O) groups excluding carboxylic acids is 2. The number of hydrogen-bond donors (Lipinski definition) is 2. The third-order valence-corrected chi connectivity index (χ3v) is 7.03. The number of likely N-dealkylation sites (tertiary alicyclic amines) is 1. The van der Waals surface area contributed by atoms with E-state index in [0.29, 0.717) is 26.1 Å². The Morgan fingerprint density at radius 3 is 2.52 bits per heavy atom. The van der Waals surface area contributed by atoms with Crippen LogP contribution in [0.15, 0.2) is 24.3 Å². The number of morpholine rings is 1. The summed E-state index contributed by atoms with van der Waals surface area (Å²) < 4.78 is 5.54. The van der Waals surface area contributed by atoms with Crippen molar-refractivity contribution in [2.45, 2.75) is 63.6 Å². The lowest BCUT2D eigenvalue weighted by Gasteiger charge is -2.48. The van der Waals surface area contributed by atoms with Crippen LogP contribution in [0.2, 0.25) is 0 Å². The highest BCUT2D eigenvalue weighted by Crippen LogP contribution is 2.33. The molecule has 7 heteroatoms. The molecule has 2 saturated heterocycles. The van der Waals surface area contributed by atoms with Gasteiger partial charge >= 0.3 is 6.03 Å². The lowest BCUT2D eigenvalue weighted by Crippen LogP contribution is -2.60. The zero-order valence-electron chi connectivity index (χ0n) is 18.5. The lowest BCUT2D eigenvalue weighted by molar-refractivity contribution is -0.128. The Balaban J connectivity index is 1.27. The summed E-state index contributed by atoms with van der Waals surface area (Å²) in [5, 5.41) is 6.17. The molecule has 1 saturated carbocycles. The lowest BCUT2D eigenvalue weighted by atomic mass is 9.80. The highest BCUT2D eigenvalue weighted by Gasteiger charge is 2.38. The molecule has 0 unspecified atom stereocenters. The van der Waals surface area contributed by atoms with Crippen LogP contribution < -0.4 is 10.6 Å². The van der Waals surface area contributed by atoms with Crippen molar-refractivity contribution in [1.82, 2.24) is 20.4 Å². The van der Waals surface area contributed by atoms with Crippen molar-refractivity contribution < 1.29 is 14.3 Å². The van der Waals surface area contributed by atoms with E-state index in [9.17, 15) is 9.59 Å². The van der Waals surface area contributed by atoms with Crippen LogP contribution in [0.25, 0.3) is 0 Å². The fourth-order valence-corrected chi connectivity index (χ4v) is 5.27. The van der Waals surface area contributed by atoms with Crippen LogP contribution >= 0.6 is 0 Å². The first kappa shape index (κ1) is 22.1. The Morgan fingerprint density at radius 1 is 1.00 bits per heavy atom. The minimum absolute atomic E-state index is 0.0710. The molecule has 1 aliphatic carbocycles. The Hall–Kier alpha value is -2.12. The predicted octanol–water partition coefficient (Wildman–Crippen LogP) is 2.64. The number of carbonyl (C=O) groups is 2. The maximum atomic E-state index is 12.6. The highest BCUT2D eigenvalue weighted by molar-refractivity contribution is 5.78. The van der Waals surface area contributed by atoms with E-state index in [1.807, 2.05) is 23.1 Å². The molecule has 1 aromatic rings. The largest absolute Gasteiger partial charge is 0.379 e. The second-order valence-electron chi connectivity index (χ2n) is 9.16. The van der Waals surface area contributed by atoms with Crippen molar-refractivity contribution in [3.63, 3.8) is 0 Å². The fourth-order valence-electron chi connectivity index (χ4n) is 5.27. The number of amides is 3. The second kappa shape index (κ2) is 10.5. The monoisotopic (exact) mass is 428 g/mol. The number of ether oxygens (including phenoxy) is 1. The topological polar surface area (TPSA) is 73.9 Å². The summed E-state index contributed by atoms with van der Waals surface area (Å²) in [6, 6.07) is 8.04. The van der Waals surface area contributed by atoms with Gasteiger partial charge in [0.15, 0.2) is 0 Å². The van der Waals surface area contributed by atoms with Crippen molar-refractivity contribution in [1.29, 1.82) is 0 Å². The van der Waals surface area contributed by atoms with Gasteiger partial charge in [0.25, 0.3) is 0 Å². The van der Waals surface area contributed by atoms with Crippen LogP contribution in [0.3, 0.4) is 0 Å². The molecule has 3 fully saturated rings. The predicted molar refractivity (Wildman–Crippen MR) is 120 cm³/mol. The molecule has 1 aromatic carbocycles. The minimum atomic E-state index is -0.113. The first-order valence-electron chi connectivity index (χ1n) is 11.8. The third-order valence-electron chi connectivity index (χ3n) is 7.03. The molecular formula is C24H36N4O3. The van der Waals surface area contributed by atoms with Crippen molar-refractivity contribution in [2.24, 2.45) is 0 Å². The van der Waals surface area contributed by atoms with Gasteiger partial charge in [-0.25, -0.2) is 4.79 Å². The highest BCUT2D eigenvalue weighted by atomic mass is 16.5. The van der Waals surface area contributed by atoms with Crippen molar-refractivity contribution >= 4 is 11.9 Å². The average Bonchev–Trinajstić information content (AvgIpc) is 3.22. The minimum Gasteiger partial charge on any atom is -0.379 e. The summed E-state index contributed by atoms with van der Waals surface area (Å²) in [5.74, 6) is 0.236. The summed E-state index contributed by atoms with van der Waals surface area (Å²) in [6.45, 7) is 6.15. The van der Waals surface area contributed by atoms with E-state index in [0.717, 1.165) is 63.2 Å². The molecular weight excluding hydrogens is 392 g/mol. The number of rotatable bonds is 7. The van der Waals surface area contributed by atoms with E-state index in [4.69, 9.17) is 4.74 Å². The number of hydrogen-bond acceptors (Lipinski definition) is 4. The molecule has 0 bridgehead atoms. The molecule has 31 heavy (non-hydrogen) atoms. The Bertz CT molecular complexity index is 757. The van der Waals surface area contributed by atoms with E-state index >= 15 is 0 Å². The molecule has 4 rings (SSSR count). The van der Waals surface area contributed by atoms with Crippen LogP contribution in [-0.2, 0) is 22.6 Å². The fraction of sp³-hybridized carbons (Fsp3) is 0.667. The Morgan fingerprint density at radius 2 is 1.77 bits per heavy atom. The molecule has 0 spiro atoms. The molecule has 3 amide bonds. The van der Waals surface area contributed by atoms with Gasteiger partial charge in [0.1, 0.15) is 0 Å². The molecule has 2 aliphatic heterocycles. The standard InChI is InChI=1S/C24H36N4O3/c29-22-8-5-11-27(22)18-21-7-4-6-20(16-21)17-25-23(30)26-19-24(9-2-1-3-10-24)28-12-14-31-15-13-28/h4,6-7,16H,1-3,5,8-15,17-19H2,(H2,25,26,30). The number of urea groups is 1. The maximum Gasteiger partial charge on any atom is 0.315 e. The van der Waals surface area contributed by atoms with Crippen molar-refractivity contribution in [3.8, 4) is 0 Å². The van der Waals surface area contributed by atoms with Gasteiger partial charge in [0.2, 0.25) is 5.91 Å². The summed E-state index contributed by atoms with van der Waals surface area (Å²) in [7, 11) is 0. The number of benzene rings is 1. The normalized spacial score (nSPS) is 21.8. The van der Waals surface area contributed by atoms with E-state index < -0.39 is 0 Å². The van der Waals surface area contributed by atoms with E-state index in [1.165, 1.54) is 19.3 Å². The van der Waals surface area contributed by atoms with Crippen molar-refractivity contribution in [3.05, 3.63) is 35.4 Å². The SMILES string of the molecule is O=C(NCc1cccc(CN2CCCC2=O)c1)NCC1(N2CCOCC2)CCCCC1. The summed E-state index contributed by atoms with van der Waals surface area (Å²) in [5.41, 5.74) is 2.24. The summed E-state index contributed by atoms with van der Waals surface area (Å²) >= 11 is 0. The van der Waals surface area contributed by atoms with Gasteiger partial charge in [0, 0.05) is 51.2 Å². The van der Waals surface area contributed by atoms with Gasteiger partial charge in [-0.3, -0.25) is 9.69 Å². The molecule has 2 heterocycles. The summed E-state index contributed by atoms with van der Waals surface area (Å²) in [4.78, 5) is 28.9. The van der Waals surface area contributed by atoms with Crippen LogP contribution in [0.4, 0.5) is 4.79 Å². The molecule has 2 N–H and O–H groups in total. The van der Waals surface area contributed by atoms with Gasteiger partial charge in [0.05, 0.1) is 13.2 Å². The first-order chi connectivity index (χ1) is 15.1. The molecule has 170 valence electrons. The van der Waals surface area contributed by atoms with Crippen LogP contribution in [0, 0.1) is 0 Å². The smallest absolute Gasteiger partial charge is 0.315 e. The first-order valence-corrected chi connectivity index (χ1v) is 11.8. The average molecular weight is 429 g/mol. The van der Waals surface area contributed by atoms with E-state index in [1.54, 1.807) is 0 Å². The zero-order valence-corrected chi connectivity index (χ0v) is 18.5. The van der Waals surface area contributed by atoms with Gasteiger partial charge in [-0.15, -0.1) is 0 Å². The van der Waals surface area contributed by atoms with Gasteiger partial charge in [-0.05, 0) is 30.4 Å².